The van der Waals surface area contributed by atoms with Crippen molar-refractivity contribution < 1.29 is 13.9 Å². The number of amides is 1. The van der Waals surface area contributed by atoms with Crippen molar-refractivity contribution in [2.75, 3.05) is 17.3 Å². The first-order valence-corrected chi connectivity index (χ1v) is 12.5. The molecule has 1 heterocycles. The number of nitrogens with one attached hydrogen (secondary N) is 1. The van der Waals surface area contributed by atoms with Crippen molar-refractivity contribution >= 4 is 35.1 Å². The second-order valence-electron chi connectivity index (χ2n) is 7.60. The van der Waals surface area contributed by atoms with E-state index in [1.807, 2.05) is 42.0 Å². The normalized spacial score (nSPS) is 12.1. The van der Waals surface area contributed by atoms with Crippen LogP contribution in [0, 0.1) is 11.7 Å². The molecule has 6 nitrogen and oxygen atoms in total. The number of hydrogen-bond donors (Lipinski definition) is 1. The summed E-state index contributed by atoms with van der Waals surface area (Å²) in [5.74, 6) is 0.739. The van der Waals surface area contributed by atoms with Crippen LogP contribution in [0.3, 0.4) is 0 Å². The molecule has 0 aliphatic heterocycles. The zero-order valence-corrected chi connectivity index (χ0v) is 20.2. The number of anilines is 1. The lowest BCUT2D eigenvalue weighted by atomic mass is 10.2. The number of hydrogen-bond acceptors (Lipinski definition) is 6. The van der Waals surface area contributed by atoms with Crippen LogP contribution < -0.4 is 10.1 Å². The van der Waals surface area contributed by atoms with Crippen LogP contribution in [0.4, 0.5) is 10.1 Å². The molecule has 0 aliphatic carbocycles. The van der Waals surface area contributed by atoms with Crippen molar-refractivity contribution in [1.82, 2.24) is 14.8 Å². The lowest BCUT2D eigenvalue weighted by Gasteiger charge is -2.18. The number of thioether (sulfide) groups is 2. The van der Waals surface area contributed by atoms with E-state index in [1.54, 1.807) is 30.0 Å². The molecule has 0 saturated carbocycles. The van der Waals surface area contributed by atoms with Gasteiger partial charge in [-0.25, -0.2) is 4.39 Å². The van der Waals surface area contributed by atoms with Crippen LogP contribution in [0.15, 0.2) is 58.6 Å². The molecule has 0 fully saturated rings. The molecule has 0 spiro atoms. The molecule has 0 bridgehead atoms. The number of nitrogens with zero attached hydrogens (tertiary/aromatic N) is 3. The number of benzene rings is 2. The number of aromatic nitrogens is 3. The Labute approximate surface area is 196 Å². The predicted molar refractivity (Wildman–Crippen MR) is 128 cm³/mol. The Morgan fingerprint density at radius 1 is 1.16 bits per heavy atom. The van der Waals surface area contributed by atoms with Crippen molar-refractivity contribution in [1.29, 1.82) is 0 Å². The first kappa shape index (κ1) is 24.1. The van der Waals surface area contributed by atoms with Crippen LogP contribution in [0.5, 0.6) is 5.75 Å². The third-order valence-electron chi connectivity index (χ3n) is 4.48. The van der Waals surface area contributed by atoms with E-state index in [9.17, 15) is 9.18 Å². The van der Waals surface area contributed by atoms with E-state index < -0.39 is 11.9 Å². The van der Waals surface area contributed by atoms with Gasteiger partial charge in [-0.05, 0) is 49.4 Å². The molecular formula is C23H27FN4O2S2. The highest BCUT2D eigenvalue weighted by molar-refractivity contribution is 7.99. The van der Waals surface area contributed by atoms with Gasteiger partial charge in [0.05, 0.1) is 5.75 Å². The zero-order chi connectivity index (χ0) is 23.1. The van der Waals surface area contributed by atoms with Crippen molar-refractivity contribution in [3.63, 3.8) is 0 Å². The van der Waals surface area contributed by atoms with Gasteiger partial charge in [0.15, 0.2) is 28.7 Å². The van der Waals surface area contributed by atoms with E-state index in [2.05, 4.69) is 29.4 Å². The van der Waals surface area contributed by atoms with E-state index in [4.69, 9.17) is 4.74 Å². The Hall–Kier alpha value is -2.52. The topological polar surface area (TPSA) is 69.0 Å². The predicted octanol–water partition coefficient (Wildman–Crippen LogP) is 5.67. The molecule has 3 rings (SSSR count). The highest BCUT2D eigenvalue weighted by Crippen LogP contribution is 2.27. The molecule has 3 aromatic rings. The SMILES string of the molecule is CSc1cccc(NC(=O)CSc2nnc(C(C)Oc3ccccc3F)n2CC(C)C)c1. The van der Waals surface area contributed by atoms with Crippen LogP contribution in [0.2, 0.25) is 0 Å². The first-order valence-electron chi connectivity index (χ1n) is 10.3. The smallest absolute Gasteiger partial charge is 0.234 e. The molecule has 0 aliphatic rings. The van der Waals surface area contributed by atoms with E-state index in [1.165, 1.54) is 17.8 Å². The maximum atomic E-state index is 14.0. The van der Waals surface area contributed by atoms with E-state index in [0.717, 1.165) is 10.6 Å². The van der Waals surface area contributed by atoms with Crippen LogP contribution in [0.1, 0.15) is 32.7 Å². The van der Waals surface area contributed by atoms with Crippen LogP contribution in [0.25, 0.3) is 0 Å². The van der Waals surface area contributed by atoms with E-state index in [0.29, 0.717) is 23.4 Å². The van der Waals surface area contributed by atoms with Gasteiger partial charge >= 0.3 is 0 Å². The summed E-state index contributed by atoms with van der Waals surface area (Å²) in [6, 6.07) is 14.0. The fourth-order valence-electron chi connectivity index (χ4n) is 3.06. The Morgan fingerprint density at radius 3 is 2.66 bits per heavy atom. The van der Waals surface area contributed by atoms with Gasteiger partial charge in [0.25, 0.3) is 0 Å². The second kappa shape index (κ2) is 11.4. The summed E-state index contributed by atoms with van der Waals surface area (Å²) >= 11 is 2.94. The average molecular weight is 475 g/mol. The minimum atomic E-state index is -0.504. The van der Waals surface area contributed by atoms with Gasteiger partial charge in [-0.1, -0.05) is 43.8 Å². The van der Waals surface area contributed by atoms with Gasteiger partial charge in [0, 0.05) is 17.1 Å². The number of para-hydroxylation sites is 1. The maximum Gasteiger partial charge on any atom is 0.234 e. The van der Waals surface area contributed by atoms with Gasteiger partial charge in [-0.15, -0.1) is 22.0 Å². The molecule has 1 aromatic heterocycles. The fraction of sp³-hybridized carbons (Fsp3) is 0.348. The Bertz CT molecular complexity index is 1060. The largest absolute Gasteiger partial charge is 0.480 e. The van der Waals surface area contributed by atoms with Gasteiger partial charge in [-0.2, -0.15) is 0 Å². The summed E-state index contributed by atoms with van der Waals surface area (Å²) in [6.07, 6.45) is 1.49. The van der Waals surface area contributed by atoms with Crippen LogP contribution >= 0.6 is 23.5 Å². The maximum absolute atomic E-state index is 14.0. The van der Waals surface area contributed by atoms with E-state index >= 15 is 0 Å². The lowest BCUT2D eigenvalue weighted by Crippen LogP contribution is -2.17. The monoisotopic (exact) mass is 474 g/mol. The molecule has 0 radical (unpaired) electrons. The van der Waals surface area contributed by atoms with E-state index in [-0.39, 0.29) is 17.4 Å². The number of carbonyl (C=O) groups excluding carboxylic acids is 1. The summed E-state index contributed by atoms with van der Waals surface area (Å²) in [6.45, 7) is 6.65. The fourth-order valence-corrected chi connectivity index (χ4v) is 4.27. The average Bonchev–Trinajstić information content (AvgIpc) is 3.16. The summed E-state index contributed by atoms with van der Waals surface area (Å²) in [5.41, 5.74) is 0.763. The van der Waals surface area contributed by atoms with Crippen molar-refractivity contribution in [3.05, 3.63) is 60.2 Å². The Kier molecular flexibility index (Phi) is 8.58. The minimum absolute atomic E-state index is 0.121. The molecule has 1 amide bonds. The Morgan fingerprint density at radius 2 is 1.94 bits per heavy atom. The lowest BCUT2D eigenvalue weighted by molar-refractivity contribution is -0.113. The zero-order valence-electron chi connectivity index (χ0n) is 18.5. The Balaban J connectivity index is 1.70. The molecule has 170 valence electrons. The quantitative estimate of drug-likeness (QED) is 0.382. The summed E-state index contributed by atoms with van der Waals surface area (Å²) in [5, 5.41) is 12.1. The third-order valence-corrected chi connectivity index (χ3v) is 6.18. The molecule has 0 saturated heterocycles. The molecule has 2 aromatic carbocycles. The standard InChI is InChI=1S/C23H27FN4O2S2/c1-15(2)13-28-22(16(3)30-20-11-6-5-10-19(20)24)26-27-23(28)32-14-21(29)25-17-8-7-9-18(12-17)31-4/h5-12,15-16H,13-14H2,1-4H3,(H,25,29). The van der Waals surface area contributed by atoms with Gasteiger partial charge in [0.2, 0.25) is 5.91 Å². The third kappa shape index (κ3) is 6.49. The minimum Gasteiger partial charge on any atom is -0.480 e. The summed E-state index contributed by atoms with van der Waals surface area (Å²) < 4.78 is 21.8. The number of halogens is 1. The summed E-state index contributed by atoms with van der Waals surface area (Å²) in [7, 11) is 0. The van der Waals surface area contributed by atoms with Crippen molar-refractivity contribution in [2.24, 2.45) is 5.92 Å². The van der Waals surface area contributed by atoms with Gasteiger partial charge in [0.1, 0.15) is 0 Å². The number of ether oxygens (including phenoxy) is 1. The first-order chi connectivity index (χ1) is 15.4. The van der Waals surface area contributed by atoms with Crippen molar-refractivity contribution in [3.8, 4) is 5.75 Å². The molecule has 1 N–H and O–H groups in total. The second-order valence-corrected chi connectivity index (χ2v) is 9.43. The summed E-state index contributed by atoms with van der Waals surface area (Å²) in [4.78, 5) is 13.6. The van der Waals surface area contributed by atoms with Crippen molar-refractivity contribution in [2.45, 2.75) is 43.5 Å². The van der Waals surface area contributed by atoms with Gasteiger partial charge in [-0.3, -0.25) is 4.79 Å². The number of carbonyl (C=O) groups is 1. The van der Waals surface area contributed by atoms with Crippen LogP contribution in [-0.2, 0) is 11.3 Å². The molecule has 1 atom stereocenters. The molecule has 32 heavy (non-hydrogen) atoms. The molecule has 1 unspecified atom stereocenters. The van der Waals surface area contributed by atoms with Gasteiger partial charge < -0.3 is 14.6 Å². The molecule has 9 heteroatoms. The highest BCUT2D eigenvalue weighted by atomic mass is 32.2. The number of rotatable bonds is 10. The van der Waals surface area contributed by atoms with Crippen LogP contribution in [-0.4, -0.2) is 32.7 Å². The molecular weight excluding hydrogens is 447 g/mol. The highest BCUT2D eigenvalue weighted by Gasteiger charge is 2.22.